The summed E-state index contributed by atoms with van der Waals surface area (Å²) < 4.78 is 19.4. The predicted molar refractivity (Wildman–Crippen MR) is 83.8 cm³/mol. The van der Waals surface area contributed by atoms with Crippen LogP contribution in [0, 0.1) is 5.82 Å². The topological polar surface area (TPSA) is 21.3 Å². The quantitative estimate of drug-likeness (QED) is 0.747. The lowest BCUT2D eigenvalue weighted by molar-refractivity contribution is 0.110. The van der Waals surface area contributed by atoms with E-state index in [4.69, 9.17) is 4.74 Å². The Morgan fingerprint density at radius 1 is 1.05 bits per heavy atom. The molecule has 1 atom stereocenters. The molecule has 0 aliphatic carbocycles. The van der Waals surface area contributed by atoms with Gasteiger partial charge in [-0.05, 0) is 31.5 Å². The Labute approximate surface area is 126 Å². The number of hydrogen-bond donors (Lipinski definition) is 1. The summed E-state index contributed by atoms with van der Waals surface area (Å²) in [7, 11) is 1.82. The van der Waals surface area contributed by atoms with Crippen LogP contribution in [0.25, 0.3) is 0 Å². The summed E-state index contributed by atoms with van der Waals surface area (Å²) in [5.74, 6) is -0.190. The number of halogens is 1. The highest BCUT2D eigenvalue weighted by atomic mass is 19.1. The van der Waals surface area contributed by atoms with E-state index in [9.17, 15) is 4.39 Å². The average molecular weight is 287 g/mol. The molecule has 0 aliphatic rings. The van der Waals surface area contributed by atoms with Gasteiger partial charge in [-0.1, -0.05) is 48.5 Å². The third kappa shape index (κ3) is 4.96. The molecule has 0 saturated heterocycles. The van der Waals surface area contributed by atoms with Crippen LogP contribution in [0.15, 0.2) is 54.6 Å². The summed E-state index contributed by atoms with van der Waals surface area (Å²) in [5, 5.41) is 3.10. The van der Waals surface area contributed by atoms with Gasteiger partial charge in [0.2, 0.25) is 0 Å². The van der Waals surface area contributed by atoms with Crippen molar-refractivity contribution in [2.24, 2.45) is 0 Å². The fourth-order valence-electron chi connectivity index (χ4n) is 2.31. The molecule has 0 aromatic heterocycles. The van der Waals surface area contributed by atoms with Crippen molar-refractivity contribution < 1.29 is 9.13 Å². The van der Waals surface area contributed by atoms with Crippen LogP contribution in [0.4, 0.5) is 4.39 Å². The van der Waals surface area contributed by atoms with Gasteiger partial charge in [-0.25, -0.2) is 4.39 Å². The second kappa shape index (κ2) is 8.55. The van der Waals surface area contributed by atoms with Crippen LogP contribution in [-0.2, 0) is 11.2 Å². The van der Waals surface area contributed by atoms with E-state index in [1.54, 1.807) is 12.1 Å². The predicted octanol–water partition coefficient (Wildman–Crippen LogP) is 3.74. The number of hydrogen-bond acceptors (Lipinski definition) is 2. The van der Waals surface area contributed by atoms with Crippen molar-refractivity contribution in [3.63, 3.8) is 0 Å². The first kappa shape index (κ1) is 15.7. The van der Waals surface area contributed by atoms with Gasteiger partial charge in [0, 0.05) is 12.2 Å². The fraction of sp³-hybridized carbons (Fsp3) is 0.333. The molecule has 2 rings (SSSR count). The third-order valence-electron chi connectivity index (χ3n) is 3.51. The van der Waals surface area contributed by atoms with Crippen molar-refractivity contribution in [3.05, 3.63) is 71.5 Å². The number of nitrogens with one attached hydrogen (secondary N) is 1. The summed E-state index contributed by atoms with van der Waals surface area (Å²) in [5.41, 5.74) is 1.98. The molecule has 1 unspecified atom stereocenters. The lowest BCUT2D eigenvalue weighted by Crippen LogP contribution is -2.23. The zero-order chi connectivity index (χ0) is 14.9. The van der Waals surface area contributed by atoms with E-state index in [0.29, 0.717) is 18.8 Å². The van der Waals surface area contributed by atoms with E-state index in [1.165, 1.54) is 11.6 Å². The third-order valence-corrected chi connectivity index (χ3v) is 3.51. The summed E-state index contributed by atoms with van der Waals surface area (Å²) in [6, 6.07) is 17.1. The van der Waals surface area contributed by atoms with Gasteiger partial charge in [0.15, 0.2) is 0 Å². The van der Waals surface area contributed by atoms with Crippen molar-refractivity contribution in [1.29, 1.82) is 0 Å². The van der Waals surface area contributed by atoms with Crippen molar-refractivity contribution in [2.75, 3.05) is 20.3 Å². The molecule has 1 N–H and O–H groups in total. The van der Waals surface area contributed by atoms with Gasteiger partial charge in [0.05, 0.1) is 12.6 Å². The van der Waals surface area contributed by atoms with Gasteiger partial charge < -0.3 is 10.1 Å². The fourth-order valence-corrected chi connectivity index (χ4v) is 2.31. The molecule has 0 heterocycles. The highest BCUT2D eigenvalue weighted by Crippen LogP contribution is 2.16. The maximum atomic E-state index is 13.7. The summed E-state index contributed by atoms with van der Waals surface area (Å²) in [4.78, 5) is 0. The maximum Gasteiger partial charge on any atom is 0.128 e. The average Bonchev–Trinajstić information content (AvgIpc) is 2.53. The van der Waals surface area contributed by atoms with Crippen molar-refractivity contribution in [1.82, 2.24) is 5.32 Å². The SMILES string of the molecule is CNC(COCCCc1ccccc1)c1ccccc1F. The number of benzene rings is 2. The molecule has 112 valence electrons. The van der Waals surface area contributed by atoms with Crippen molar-refractivity contribution in [3.8, 4) is 0 Å². The molecule has 0 amide bonds. The van der Waals surface area contributed by atoms with Gasteiger partial charge in [-0.2, -0.15) is 0 Å². The zero-order valence-electron chi connectivity index (χ0n) is 12.4. The van der Waals surface area contributed by atoms with E-state index >= 15 is 0 Å². The molecule has 0 saturated carbocycles. The Balaban J connectivity index is 1.73. The molecule has 0 fully saturated rings. The van der Waals surface area contributed by atoms with Crippen LogP contribution in [0.2, 0.25) is 0 Å². The van der Waals surface area contributed by atoms with E-state index in [0.717, 1.165) is 12.8 Å². The normalized spacial score (nSPS) is 12.3. The van der Waals surface area contributed by atoms with Crippen molar-refractivity contribution in [2.45, 2.75) is 18.9 Å². The molecule has 0 bridgehead atoms. The van der Waals surface area contributed by atoms with Crippen LogP contribution in [0.1, 0.15) is 23.6 Å². The molecule has 2 nitrogen and oxygen atoms in total. The minimum atomic E-state index is -0.190. The first-order chi connectivity index (χ1) is 10.3. The van der Waals surface area contributed by atoms with E-state index in [-0.39, 0.29) is 11.9 Å². The number of aryl methyl sites for hydroxylation is 1. The summed E-state index contributed by atoms with van der Waals surface area (Å²) in [6.07, 6.45) is 1.97. The second-order valence-corrected chi connectivity index (χ2v) is 5.03. The first-order valence-electron chi connectivity index (χ1n) is 7.34. The highest BCUT2D eigenvalue weighted by molar-refractivity contribution is 5.21. The summed E-state index contributed by atoms with van der Waals surface area (Å²) >= 11 is 0. The number of ether oxygens (including phenoxy) is 1. The molecule has 2 aromatic carbocycles. The lowest BCUT2D eigenvalue weighted by atomic mass is 10.1. The lowest BCUT2D eigenvalue weighted by Gasteiger charge is -2.17. The number of likely N-dealkylation sites (N-methyl/N-ethyl adjacent to an activating group) is 1. The van der Waals surface area contributed by atoms with E-state index in [2.05, 4.69) is 17.4 Å². The molecule has 0 aliphatic heterocycles. The Kier molecular flexibility index (Phi) is 6.38. The highest BCUT2D eigenvalue weighted by Gasteiger charge is 2.13. The van der Waals surface area contributed by atoms with Gasteiger partial charge in [0.25, 0.3) is 0 Å². The Morgan fingerprint density at radius 2 is 1.76 bits per heavy atom. The monoisotopic (exact) mass is 287 g/mol. The van der Waals surface area contributed by atoms with Crippen LogP contribution < -0.4 is 5.32 Å². The van der Waals surface area contributed by atoms with E-state index < -0.39 is 0 Å². The van der Waals surface area contributed by atoms with Crippen LogP contribution in [0.5, 0.6) is 0 Å². The molecule has 0 radical (unpaired) electrons. The molecular formula is C18H22FNO. The largest absolute Gasteiger partial charge is 0.379 e. The van der Waals surface area contributed by atoms with Gasteiger partial charge >= 0.3 is 0 Å². The minimum Gasteiger partial charge on any atom is -0.379 e. The second-order valence-electron chi connectivity index (χ2n) is 5.03. The smallest absolute Gasteiger partial charge is 0.128 e. The van der Waals surface area contributed by atoms with Gasteiger partial charge in [-0.3, -0.25) is 0 Å². The molecule has 2 aromatic rings. The van der Waals surface area contributed by atoms with Crippen LogP contribution in [0.3, 0.4) is 0 Å². The maximum absolute atomic E-state index is 13.7. The number of rotatable bonds is 8. The van der Waals surface area contributed by atoms with Crippen LogP contribution in [-0.4, -0.2) is 20.3 Å². The zero-order valence-corrected chi connectivity index (χ0v) is 12.4. The van der Waals surface area contributed by atoms with Gasteiger partial charge in [0.1, 0.15) is 5.82 Å². The molecule has 3 heteroatoms. The first-order valence-corrected chi connectivity index (χ1v) is 7.34. The van der Waals surface area contributed by atoms with Crippen molar-refractivity contribution >= 4 is 0 Å². The van der Waals surface area contributed by atoms with Gasteiger partial charge in [-0.15, -0.1) is 0 Å². The Bertz CT molecular complexity index is 530. The Morgan fingerprint density at radius 3 is 2.48 bits per heavy atom. The molecular weight excluding hydrogens is 265 g/mol. The Hall–Kier alpha value is -1.71. The molecule has 0 spiro atoms. The minimum absolute atomic E-state index is 0.108. The van der Waals surface area contributed by atoms with E-state index in [1.807, 2.05) is 31.3 Å². The summed E-state index contributed by atoms with van der Waals surface area (Å²) in [6.45, 7) is 1.16. The standard InChI is InChI=1S/C18H22FNO/c1-20-18(16-11-5-6-12-17(16)19)14-21-13-7-10-15-8-3-2-4-9-15/h2-6,8-9,11-12,18,20H,7,10,13-14H2,1H3. The molecule has 21 heavy (non-hydrogen) atoms. The van der Waals surface area contributed by atoms with Crippen LogP contribution >= 0.6 is 0 Å².